The fraction of sp³-hybridized carbons (Fsp3) is 0.286. The van der Waals surface area contributed by atoms with Crippen molar-refractivity contribution < 1.29 is 19.1 Å². The molecule has 0 fully saturated rings. The summed E-state index contributed by atoms with van der Waals surface area (Å²) in [5.74, 6) is 0.268. The van der Waals surface area contributed by atoms with Crippen LogP contribution in [0.2, 0.25) is 0 Å². The van der Waals surface area contributed by atoms with E-state index in [0.717, 1.165) is 5.56 Å². The maximum absolute atomic E-state index is 11.5. The molecule has 0 unspecified atom stereocenters. The van der Waals surface area contributed by atoms with Gasteiger partial charge < -0.3 is 9.47 Å². The number of nitrogens with one attached hydrogen (secondary N) is 1. The van der Waals surface area contributed by atoms with E-state index in [4.69, 9.17) is 9.47 Å². The Balaban J connectivity index is 2.76. The average Bonchev–Trinajstić information content (AvgIpc) is 2.40. The molecule has 0 radical (unpaired) electrons. The minimum atomic E-state index is -0.826. The van der Waals surface area contributed by atoms with Crippen LogP contribution in [-0.2, 0) is 4.79 Å². The predicted molar refractivity (Wildman–Crippen MR) is 80.3 cm³/mol. The van der Waals surface area contributed by atoms with Gasteiger partial charge in [0.1, 0.15) is 0 Å². The lowest BCUT2D eigenvalue weighted by molar-refractivity contribution is -0.119. The molecule has 0 aromatic heterocycles. The summed E-state index contributed by atoms with van der Waals surface area (Å²) in [4.78, 5) is 22.8. The second kappa shape index (κ2) is 8.37. The Kier molecular flexibility index (Phi) is 6.79. The molecule has 0 saturated carbocycles. The third kappa shape index (κ3) is 5.05. The fourth-order valence-corrected chi connectivity index (χ4v) is 1.81. The molecule has 0 spiro atoms. The molecule has 1 N–H and O–H groups in total. The van der Waals surface area contributed by atoms with Gasteiger partial charge in [0.25, 0.3) is 0 Å². The molecule has 2 amide bonds. The molecule has 0 aliphatic heterocycles. The average molecular weight is 342 g/mol. The highest BCUT2D eigenvalue weighted by atomic mass is 79.9. The van der Waals surface area contributed by atoms with Crippen molar-refractivity contribution >= 4 is 34.0 Å². The largest absolute Gasteiger partial charge is 0.493 e. The van der Waals surface area contributed by atoms with Gasteiger partial charge in [-0.15, -0.1) is 0 Å². The summed E-state index contributed by atoms with van der Waals surface area (Å²) in [6.07, 6.45) is 3.16. The van der Waals surface area contributed by atoms with Gasteiger partial charge >= 0.3 is 6.09 Å². The summed E-state index contributed by atoms with van der Waals surface area (Å²) in [5, 5.41) is 2.60. The van der Waals surface area contributed by atoms with E-state index >= 15 is 0 Å². The maximum atomic E-state index is 11.5. The molecule has 108 valence electrons. The van der Waals surface area contributed by atoms with Crippen LogP contribution in [0.15, 0.2) is 24.3 Å². The standard InChI is InChI=1S/C14H16BrNO4/c1-3-4-10-5-6-11(12(9-10)19-2)20-14(18)16-13(17)7-8-15/h3-6,9H,7-8H2,1-2H3,(H,16,17,18). The number of benzene rings is 1. The fourth-order valence-electron chi connectivity index (χ4n) is 1.45. The van der Waals surface area contributed by atoms with Crippen molar-refractivity contribution in [1.82, 2.24) is 5.32 Å². The summed E-state index contributed by atoms with van der Waals surface area (Å²) in [7, 11) is 1.48. The Morgan fingerprint density at radius 2 is 2.10 bits per heavy atom. The van der Waals surface area contributed by atoms with Crippen molar-refractivity contribution in [3.8, 4) is 11.5 Å². The monoisotopic (exact) mass is 341 g/mol. The Hall–Kier alpha value is -1.82. The number of rotatable bonds is 5. The lowest BCUT2D eigenvalue weighted by Crippen LogP contribution is -2.33. The Morgan fingerprint density at radius 1 is 1.35 bits per heavy atom. The zero-order valence-electron chi connectivity index (χ0n) is 11.3. The molecule has 0 atom stereocenters. The second-order valence-corrected chi connectivity index (χ2v) is 4.58. The number of carbonyl (C=O) groups is 2. The van der Waals surface area contributed by atoms with Crippen LogP contribution in [0.5, 0.6) is 11.5 Å². The molecule has 0 aliphatic carbocycles. The van der Waals surface area contributed by atoms with Crippen LogP contribution >= 0.6 is 15.9 Å². The lowest BCUT2D eigenvalue weighted by Gasteiger charge is -2.10. The van der Waals surface area contributed by atoms with Crippen LogP contribution in [0, 0.1) is 0 Å². The number of methoxy groups -OCH3 is 1. The molecule has 5 nitrogen and oxygen atoms in total. The number of hydrogen-bond donors (Lipinski definition) is 1. The van der Waals surface area contributed by atoms with Gasteiger partial charge in [-0.05, 0) is 24.6 Å². The van der Waals surface area contributed by atoms with E-state index in [-0.39, 0.29) is 12.2 Å². The van der Waals surface area contributed by atoms with Crippen LogP contribution in [0.25, 0.3) is 6.08 Å². The van der Waals surface area contributed by atoms with E-state index in [2.05, 4.69) is 21.2 Å². The van der Waals surface area contributed by atoms with E-state index in [0.29, 0.717) is 11.1 Å². The normalized spacial score (nSPS) is 10.3. The van der Waals surface area contributed by atoms with Gasteiger partial charge in [0.2, 0.25) is 5.91 Å². The topological polar surface area (TPSA) is 64.6 Å². The zero-order valence-corrected chi connectivity index (χ0v) is 12.9. The van der Waals surface area contributed by atoms with Crippen LogP contribution in [0.1, 0.15) is 18.9 Å². The second-order valence-electron chi connectivity index (χ2n) is 3.79. The van der Waals surface area contributed by atoms with Crippen molar-refractivity contribution in [3.05, 3.63) is 29.8 Å². The number of alkyl halides is 1. The highest BCUT2D eigenvalue weighted by Gasteiger charge is 2.12. The zero-order chi connectivity index (χ0) is 15.0. The number of imide groups is 1. The summed E-state index contributed by atoms with van der Waals surface area (Å²) in [6.45, 7) is 1.90. The molecule has 0 saturated heterocycles. The number of halogens is 1. The van der Waals surface area contributed by atoms with Gasteiger partial charge in [-0.2, -0.15) is 0 Å². The van der Waals surface area contributed by atoms with Crippen molar-refractivity contribution in [3.63, 3.8) is 0 Å². The van der Waals surface area contributed by atoms with Crippen molar-refractivity contribution in [1.29, 1.82) is 0 Å². The van der Waals surface area contributed by atoms with Gasteiger partial charge in [0.05, 0.1) is 7.11 Å². The van der Waals surface area contributed by atoms with E-state index < -0.39 is 12.0 Å². The third-order valence-electron chi connectivity index (χ3n) is 2.31. The number of carbonyl (C=O) groups excluding carboxylic acids is 2. The summed E-state index contributed by atoms with van der Waals surface area (Å²) < 4.78 is 10.2. The first-order valence-corrected chi connectivity index (χ1v) is 7.11. The molecule has 0 aliphatic rings. The smallest absolute Gasteiger partial charge is 0.419 e. The Morgan fingerprint density at radius 3 is 2.70 bits per heavy atom. The highest BCUT2D eigenvalue weighted by molar-refractivity contribution is 9.09. The Labute approximate surface area is 126 Å². The first kappa shape index (κ1) is 16.2. The minimum absolute atomic E-state index is 0.201. The third-order valence-corrected chi connectivity index (χ3v) is 2.71. The van der Waals surface area contributed by atoms with E-state index in [1.54, 1.807) is 18.2 Å². The Bertz CT molecular complexity index is 514. The molecule has 20 heavy (non-hydrogen) atoms. The van der Waals surface area contributed by atoms with Crippen molar-refractivity contribution in [2.45, 2.75) is 13.3 Å². The number of amides is 2. The summed E-state index contributed by atoms with van der Waals surface area (Å²) in [5.41, 5.74) is 0.924. The number of allylic oxidation sites excluding steroid dienone is 1. The molecular weight excluding hydrogens is 326 g/mol. The van der Waals surface area contributed by atoms with E-state index in [1.165, 1.54) is 7.11 Å². The molecule has 1 rings (SSSR count). The molecule has 1 aromatic rings. The molecule has 1 aromatic carbocycles. The summed E-state index contributed by atoms with van der Waals surface area (Å²) in [6, 6.07) is 5.14. The molecular formula is C14H16BrNO4. The van der Waals surface area contributed by atoms with E-state index in [9.17, 15) is 9.59 Å². The van der Waals surface area contributed by atoms with Crippen molar-refractivity contribution in [2.75, 3.05) is 12.4 Å². The van der Waals surface area contributed by atoms with Gasteiger partial charge in [-0.3, -0.25) is 10.1 Å². The number of hydrogen-bond acceptors (Lipinski definition) is 4. The van der Waals surface area contributed by atoms with E-state index in [1.807, 2.05) is 19.1 Å². The van der Waals surface area contributed by atoms with Gasteiger partial charge in [0.15, 0.2) is 11.5 Å². The van der Waals surface area contributed by atoms with Crippen LogP contribution in [0.3, 0.4) is 0 Å². The van der Waals surface area contributed by atoms with Gasteiger partial charge in [-0.25, -0.2) is 4.79 Å². The maximum Gasteiger partial charge on any atom is 0.419 e. The number of ether oxygens (including phenoxy) is 2. The predicted octanol–water partition coefficient (Wildman–Crippen LogP) is 3.13. The van der Waals surface area contributed by atoms with Gasteiger partial charge in [-0.1, -0.05) is 34.1 Å². The minimum Gasteiger partial charge on any atom is -0.493 e. The van der Waals surface area contributed by atoms with Crippen LogP contribution in [0.4, 0.5) is 4.79 Å². The molecule has 6 heteroatoms. The molecule has 0 heterocycles. The first-order valence-electron chi connectivity index (χ1n) is 5.99. The lowest BCUT2D eigenvalue weighted by atomic mass is 10.2. The SMILES string of the molecule is CC=Cc1ccc(OC(=O)NC(=O)CCBr)c(OC)c1. The first-order chi connectivity index (χ1) is 9.60. The van der Waals surface area contributed by atoms with Gasteiger partial charge in [0, 0.05) is 11.8 Å². The van der Waals surface area contributed by atoms with Crippen LogP contribution in [-0.4, -0.2) is 24.4 Å². The quantitative estimate of drug-likeness (QED) is 0.835. The highest BCUT2D eigenvalue weighted by Crippen LogP contribution is 2.28. The van der Waals surface area contributed by atoms with Crippen molar-refractivity contribution in [2.24, 2.45) is 0 Å². The summed E-state index contributed by atoms with van der Waals surface area (Å²) >= 11 is 3.11. The van der Waals surface area contributed by atoms with Crippen LogP contribution < -0.4 is 14.8 Å². The molecule has 0 bridgehead atoms.